The third kappa shape index (κ3) is 6.85. The topological polar surface area (TPSA) is 54.9 Å². The SMILES string of the molecule is O=C(CSc1nnc(SCc2ccc(Cl)cc2)s1)Nc1cc(Cl)cc(Cl)c1. The van der Waals surface area contributed by atoms with Crippen LogP contribution in [0.4, 0.5) is 5.69 Å². The lowest BCUT2D eigenvalue weighted by Gasteiger charge is -2.05. The Hall–Kier alpha value is -0.960. The average molecular weight is 477 g/mol. The molecule has 0 aliphatic rings. The highest BCUT2D eigenvalue weighted by Gasteiger charge is 2.10. The van der Waals surface area contributed by atoms with E-state index in [0.29, 0.717) is 15.7 Å². The first-order chi connectivity index (χ1) is 13.0. The lowest BCUT2D eigenvalue weighted by atomic mass is 10.2. The summed E-state index contributed by atoms with van der Waals surface area (Å²) in [6.45, 7) is 0. The summed E-state index contributed by atoms with van der Waals surface area (Å²) in [5, 5.41) is 12.7. The number of aromatic nitrogens is 2. The number of amides is 1. The fourth-order valence-electron chi connectivity index (χ4n) is 1.99. The van der Waals surface area contributed by atoms with Gasteiger partial charge in [0.2, 0.25) is 5.91 Å². The van der Waals surface area contributed by atoms with Gasteiger partial charge in [0.15, 0.2) is 8.68 Å². The van der Waals surface area contributed by atoms with Crippen molar-refractivity contribution in [1.82, 2.24) is 10.2 Å². The predicted octanol–water partition coefficient (Wildman–Crippen LogP) is 6.52. The Morgan fingerprint density at radius 1 is 0.926 bits per heavy atom. The summed E-state index contributed by atoms with van der Waals surface area (Å²) in [4.78, 5) is 12.1. The van der Waals surface area contributed by atoms with Crippen molar-refractivity contribution >= 4 is 81.3 Å². The number of benzene rings is 2. The molecule has 3 rings (SSSR count). The van der Waals surface area contributed by atoms with Crippen molar-refractivity contribution in [3.05, 3.63) is 63.1 Å². The van der Waals surface area contributed by atoms with Crippen molar-refractivity contribution in [2.24, 2.45) is 0 Å². The van der Waals surface area contributed by atoms with Crippen LogP contribution < -0.4 is 5.32 Å². The Morgan fingerprint density at radius 3 is 2.22 bits per heavy atom. The Balaban J connectivity index is 1.47. The van der Waals surface area contributed by atoms with E-state index in [1.54, 1.807) is 30.0 Å². The number of nitrogens with zero attached hydrogens (tertiary/aromatic N) is 2. The molecule has 140 valence electrons. The van der Waals surface area contributed by atoms with Gasteiger partial charge in [-0.25, -0.2) is 0 Å². The molecule has 0 bridgehead atoms. The van der Waals surface area contributed by atoms with E-state index >= 15 is 0 Å². The first-order valence-electron chi connectivity index (χ1n) is 7.57. The van der Waals surface area contributed by atoms with E-state index in [4.69, 9.17) is 34.8 Å². The molecule has 0 aliphatic heterocycles. The van der Waals surface area contributed by atoms with Gasteiger partial charge in [-0.2, -0.15) is 0 Å². The van der Waals surface area contributed by atoms with E-state index < -0.39 is 0 Å². The van der Waals surface area contributed by atoms with Crippen LogP contribution in [-0.2, 0) is 10.5 Å². The van der Waals surface area contributed by atoms with E-state index in [0.717, 1.165) is 25.0 Å². The van der Waals surface area contributed by atoms with Gasteiger partial charge >= 0.3 is 0 Å². The molecular formula is C17H12Cl3N3OS3. The van der Waals surface area contributed by atoms with Crippen LogP contribution in [0, 0.1) is 0 Å². The number of hydrogen-bond acceptors (Lipinski definition) is 6. The largest absolute Gasteiger partial charge is 0.325 e. The average Bonchev–Trinajstić information content (AvgIpc) is 3.06. The summed E-state index contributed by atoms with van der Waals surface area (Å²) < 4.78 is 1.60. The highest BCUT2D eigenvalue weighted by molar-refractivity contribution is 8.03. The predicted molar refractivity (Wildman–Crippen MR) is 117 cm³/mol. The van der Waals surface area contributed by atoms with Gasteiger partial charge in [-0.3, -0.25) is 4.79 Å². The first kappa shape index (κ1) is 20.8. The van der Waals surface area contributed by atoms with Crippen LogP contribution in [0.15, 0.2) is 51.1 Å². The maximum Gasteiger partial charge on any atom is 0.234 e. The van der Waals surface area contributed by atoms with Gasteiger partial charge in [-0.15, -0.1) is 10.2 Å². The smallest absolute Gasteiger partial charge is 0.234 e. The van der Waals surface area contributed by atoms with Crippen LogP contribution >= 0.6 is 69.7 Å². The summed E-state index contributed by atoms with van der Waals surface area (Å²) in [5.41, 5.74) is 1.72. The minimum Gasteiger partial charge on any atom is -0.325 e. The second-order valence-electron chi connectivity index (χ2n) is 5.24. The first-order valence-corrected chi connectivity index (χ1v) is 11.5. The zero-order chi connectivity index (χ0) is 19.2. The van der Waals surface area contributed by atoms with Crippen LogP contribution in [0.1, 0.15) is 5.56 Å². The second kappa shape index (κ2) is 10.0. The molecule has 1 N–H and O–H groups in total. The standard InChI is InChI=1S/C17H12Cl3N3OS3/c18-11-3-1-10(2-4-11)8-25-16-22-23-17(27-16)26-9-15(24)21-14-6-12(19)5-13(20)7-14/h1-7H,8-9H2,(H,21,24). The minimum atomic E-state index is -0.163. The van der Waals surface area contributed by atoms with Crippen LogP contribution in [0.5, 0.6) is 0 Å². The highest BCUT2D eigenvalue weighted by Crippen LogP contribution is 2.31. The molecule has 0 saturated heterocycles. The number of anilines is 1. The fourth-order valence-corrected chi connectivity index (χ4v) is 5.42. The molecule has 27 heavy (non-hydrogen) atoms. The fraction of sp³-hybridized carbons (Fsp3) is 0.118. The molecule has 1 heterocycles. The number of thioether (sulfide) groups is 2. The highest BCUT2D eigenvalue weighted by atomic mass is 35.5. The third-order valence-electron chi connectivity index (χ3n) is 3.14. The van der Waals surface area contributed by atoms with E-state index in [1.165, 1.54) is 23.1 Å². The molecule has 3 aromatic rings. The van der Waals surface area contributed by atoms with Crippen LogP contribution in [0.3, 0.4) is 0 Å². The van der Waals surface area contributed by atoms with Gasteiger partial charge in [-0.05, 0) is 35.9 Å². The van der Waals surface area contributed by atoms with Gasteiger partial charge in [0, 0.05) is 26.5 Å². The summed E-state index contributed by atoms with van der Waals surface area (Å²) in [5.74, 6) is 0.844. The van der Waals surface area contributed by atoms with Crippen molar-refractivity contribution in [2.75, 3.05) is 11.1 Å². The van der Waals surface area contributed by atoms with Crippen molar-refractivity contribution in [2.45, 2.75) is 14.4 Å². The maximum atomic E-state index is 12.1. The minimum absolute atomic E-state index is 0.163. The Labute approximate surface area is 184 Å². The summed E-state index contributed by atoms with van der Waals surface area (Å²) in [6, 6.07) is 12.6. The van der Waals surface area contributed by atoms with Crippen molar-refractivity contribution in [1.29, 1.82) is 0 Å². The molecular weight excluding hydrogens is 465 g/mol. The molecule has 0 fully saturated rings. The molecule has 1 aromatic heterocycles. The molecule has 4 nitrogen and oxygen atoms in total. The van der Waals surface area contributed by atoms with Crippen molar-refractivity contribution in [3.63, 3.8) is 0 Å². The van der Waals surface area contributed by atoms with Gasteiger partial charge in [-0.1, -0.05) is 81.8 Å². The molecule has 1 amide bonds. The Kier molecular flexibility index (Phi) is 7.69. The molecule has 0 saturated carbocycles. The number of nitrogens with one attached hydrogen (secondary N) is 1. The molecule has 0 radical (unpaired) electrons. The zero-order valence-corrected chi connectivity index (χ0v) is 18.3. The Morgan fingerprint density at radius 2 is 1.56 bits per heavy atom. The zero-order valence-electron chi connectivity index (χ0n) is 13.6. The lowest BCUT2D eigenvalue weighted by Crippen LogP contribution is -2.13. The van der Waals surface area contributed by atoms with Gasteiger partial charge in [0.1, 0.15) is 0 Å². The number of carbonyl (C=O) groups excluding carboxylic acids is 1. The van der Waals surface area contributed by atoms with Gasteiger partial charge in [0.25, 0.3) is 0 Å². The monoisotopic (exact) mass is 475 g/mol. The number of halogens is 3. The molecule has 0 atom stereocenters. The van der Waals surface area contributed by atoms with Crippen LogP contribution in [0.25, 0.3) is 0 Å². The van der Waals surface area contributed by atoms with E-state index in [1.807, 2.05) is 24.3 Å². The van der Waals surface area contributed by atoms with Gasteiger partial charge in [0.05, 0.1) is 5.75 Å². The van der Waals surface area contributed by atoms with E-state index in [2.05, 4.69) is 15.5 Å². The van der Waals surface area contributed by atoms with E-state index in [9.17, 15) is 4.79 Å². The molecule has 2 aromatic carbocycles. The molecule has 0 spiro atoms. The molecule has 10 heteroatoms. The van der Waals surface area contributed by atoms with Gasteiger partial charge < -0.3 is 5.32 Å². The summed E-state index contributed by atoms with van der Waals surface area (Å²) in [7, 11) is 0. The molecule has 0 aliphatic carbocycles. The van der Waals surface area contributed by atoms with Crippen LogP contribution in [-0.4, -0.2) is 21.9 Å². The normalized spacial score (nSPS) is 10.8. The quantitative estimate of drug-likeness (QED) is 0.393. The van der Waals surface area contributed by atoms with Crippen LogP contribution in [0.2, 0.25) is 15.1 Å². The maximum absolute atomic E-state index is 12.1. The van der Waals surface area contributed by atoms with Crippen molar-refractivity contribution in [3.8, 4) is 0 Å². The summed E-state index contributed by atoms with van der Waals surface area (Å²) in [6.07, 6.45) is 0. The summed E-state index contributed by atoms with van der Waals surface area (Å²) >= 11 is 22.1. The number of hydrogen-bond donors (Lipinski definition) is 1. The second-order valence-corrected chi connectivity index (χ2v) is 9.98. The lowest BCUT2D eigenvalue weighted by molar-refractivity contribution is -0.113. The van der Waals surface area contributed by atoms with Crippen molar-refractivity contribution < 1.29 is 4.79 Å². The Bertz CT molecular complexity index is 914. The number of rotatable bonds is 7. The third-order valence-corrected chi connectivity index (χ3v) is 7.09. The van der Waals surface area contributed by atoms with E-state index in [-0.39, 0.29) is 11.7 Å². The molecule has 0 unspecified atom stereocenters. The number of carbonyl (C=O) groups is 1.